The summed E-state index contributed by atoms with van der Waals surface area (Å²) in [6, 6.07) is 0. The van der Waals surface area contributed by atoms with Crippen LogP contribution >= 0.6 is 7.60 Å². The van der Waals surface area contributed by atoms with Crippen LogP contribution in [0.25, 0.3) is 0 Å². The smallest absolute Gasteiger partial charge is 0.351 e. The van der Waals surface area contributed by atoms with Gasteiger partial charge in [0.15, 0.2) is 0 Å². The van der Waals surface area contributed by atoms with Gasteiger partial charge in [0.2, 0.25) is 0 Å². The fraction of sp³-hybridized carbons (Fsp3) is 0.846. The summed E-state index contributed by atoms with van der Waals surface area (Å²) in [7, 11) is -3.78. The Morgan fingerprint density at radius 2 is 1.75 bits per heavy atom. The molecule has 0 fully saturated rings. The first-order valence-electron chi connectivity index (χ1n) is 6.74. The number of rotatable bonds is 10. The maximum atomic E-state index is 11.7. The monoisotopic (exact) mass is 310 g/mol. The fourth-order valence-corrected chi connectivity index (χ4v) is 2.39. The van der Waals surface area contributed by atoms with Crippen LogP contribution in [0.2, 0.25) is 0 Å². The van der Waals surface area contributed by atoms with Gasteiger partial charge in [0.1, 0.15) is 0 Å². The molecule has 2 N–H and O–H groups in total. The van der Waals surface area contributed by atoms with Crippen molar-refractivity contribution in [3.63, 3.8) is 0 Å². The Morgan fingerprint density at radius 3 is 2.20 bits per heavy atom. The molecule has 20 heavy (non-hydrogen) atoms. The van der Waals surface area contributed by atoms with Gasteiger partial charge in [0.05, 0.1) is 37.6 Å². The van der Waals surface area contributed by atoms with Crippen LogP contribution in [0.1, 0.15) is 34.6 Å². The minimum Gasteiger partial charge on any atom is -0.394 e. The van der Waals surface area contributed by atoms with Gasteiger partial charge in [-0.2, -0.15) is 0 Å². The van der Waals surface area contributed by atoms with E-state index in [9.17, 15) is 9.46 Å². The topological polar surface area (TPSA) is 85.2 Å². The van der Waals surface area contributed by atoms with Crippen molar-refractivity contribution in [2.45, 2.75) is 59.0 Å². The molecule has 0 aromatic carbocycles. The van der Waals surface area contributed by atoms with Crippen LogP contribution in [0.5, 0.6) is 0 Å². The van der Waals surface area contributed by atoms with Gasteiger partial charge in [-0.3, -0.25) is 4.57 Å². The summed E-state index contributed by atoms with van der Waals surface area (Å²) < 4.78 is 27.6. The molecule has 0 aromatic rings. The number of aliphatic hydroxyl groups is 1. The SMILES string of the molecule is CC(C)OC[C@@H](/C=C/P(=O)(O)OC(C)C)O[C@@H](C)CO. The molecule has 6 nitrogen and oxygen atoms in total. The van der Waals surface area contributed by atoms with Gasteiger partial charge in [-0.1, -0.05) is 0 Å². The minimum atomic E-state index is -3.78. The first kappa shape index (κ1) is 19.8. The van der Waals surface area contributed by atoms with Gasteiger partial charge in [-0.15, -0.1) is 0 Å². The second-order valence-corrected chi connectivity index (χ2v) is 6.75. The lowest BCUT2D eigenvalue weighted by Gasteiger charge is -2.20. The van der Waals surface area contributed by atoms with E-state index in [0.717, 1.165) is 5.82 Å². The van der Waals surface area contributed by atoms with Gasteiger partial charge in [-0.05, 0) is 40.7 Å². The Bertz CT molecular complexity index is 329. The van der Waals surface area contributed by atoms with E-state index in [2.05, 4.69) is 0 Å². The summed E-state index contributed by atoms with van der Waals surface area (Å²) in [4.78, 5) is 9.60. The second-order valence-electron chi connectivity index (χ2n) is 5.11. The van der Waals surface area contributed by atoms with Crippen LogP contribution in [-0.2, 0) is 18.6 Å². The Morgan fingerprint density at radius 1 is 1.15 bits per heavy atom. The maximum Gasteiger partial charge on any atom is 0.351 e. The summed E-state index contributed by atoms with van der Waals surface area (Å²) in [5.74, 6) is 1.10. The van der Waals surface area contributed by atoms with Crippen molar-refractivity contribution in [3.05, 3.63) is 11.9 Å². The predicted molar refractivity (Wildman–Crippen MR) is 77.7 cm³/mol. The van der Waals surface area contributed by atoms with Crippen molar-refractivity contribution < 1.29 is 28.6 Å². The van der Waals surface area contributed by atoms with Crippen LogP contribution in [0.15, 0.2) is 11.9 Å². The number of aliphatic hydroxyl groups excluding tert-OH is 1. The van der Waals surface area contributed by atoms with Crippen molar-refractivity contribution in [2.24, 2.45) is 0 Å². The van der Waals surface area contributed by atoms with Crippen molar-refractivity contribution in [1.29, 1.82) is 0 Å². The van der Waals surface area contributed by atoms with Gasteiger partial charge in [0, 0.05) is 5.82 Å². The van der Waals surface area contributed by atoms with Gasteiger partial charge in [0.25, 0.3) is 0 Å². The molecule has 0 aliphatic rings. The molecular formula is C13H27O6P. The Kier molecular flexibility index (Phi) is 9.55. The third-order valence-electron chi connectivity index (χ3n) is 2.11. The summed E-state index contributed by atoms with van der Waals surface area (Å²) in [5, 5.41) is 8.99. The largest absolute Gasteiger partial charge is 0.394 e. The molecule has 0 aliphatic carbocycles. The predicted octanol–water partition coefficient (Wildman–Crippen LogP) is 2.30. The Hall–Kier alpha value is -0.230. The molecule has 0 heterocycles. The molecule has 3 atom stereocenters. The molecule has 7 heteroatoms. The molecule has 0 rings (SSSR count). The van der Waals surface area contributed by atoms with E-state index in [4.69, 9.17) is 19.1 Å². The number of hydrogen-bond acceptors (Lipinski definition) is 5. The second kappa shape index (κ2) is 9.66. The van der Waals surface area contributed by atoms with E-state index < -0.39 is 13.7 Å². The van der Waals surface area contributed by atoms with Crippen LogP contribution in [0.3, 0.4) is 0 Å². The first-order chi connectivity index (χ1) is 9.16. The molecular weight excluding hydrogens is 283 g/mol. The zero-order valence-corrected chi connectivity index (χ0v) is 13.7. The Labute approximate surface area is 121 Å². The maximum absolute atomic E-state index is 11.7. The lowest BCUT2D eigenvalue weighted by Crippen LogP contribution is -2.26. The van der Waals surface area contributed by atoms with Crippen LogP contribution in [0.4, 0.5) is 0 Å². The van der Waals surface area contributed by atoms with Crippen LogP contribution in [-0.4, -0.2) is 47.6 Å². The zero-order chi connectivity index (χ0) is 15.8. The van der Waals surface area contributed by atoms with Crippen LogP contribution in [0, 0.1) is 0 Å². The van der Waals surface area contributed by atoms with E-state index >= 15 is 0 Å². The fourth-order valence-electron chi connectivity index (χ4n) is 1.31. The van der Waals surface area contributed by atoms with Crippen LogP contribution < -0.4 is 0 Å². The molecule has 0 aromatic heterocycles. The third-order valence-corrected chi connectivity index (χ3v) is 3.38. The number of hydrogen-bond donors (Lipinski definition) is 2. The molecule has 120 valence electrons. The average Bonchev–Trinajstić information content (AvgIpc) is 2.30. The third kappa shape index (κ3) is 10.5. The van der Waals surface area contributed by atoms with E-state index in [1.807, 2.05) is 13.8 Å². The van der Waals surface area contributed by atoms with E-state index in [1.54, 1.807) is 20.8 Å². The van der Waals surface area contributed by atoms with Crippen molar-refractivity contribution >= 4 is 7.60 Å². The molecule has 0 aliphatic heterocycles. The quantitative estimate of drug-likeness (QED) is 0.602. The van der Waals surface area contributed by atoms with E-state index in [1.165, 1.54) is 6.08 Å². The summed E-state index contributed by atoms with van der Waals surface area (Å²) in [6.07, 6.45) is 0.211. The van der Waals surface area contributed by atoms with Crippen molar-refractivity contribution in [1.82, 2.24) is 0 Å². The molecule has 0 radical (unpaired) electrons. The molecule has 1 unspecified atom stereocenters. The minimum absolute atomic E-state index is 0.0202. The summed E-state index contributed by atoms with van der Waals surface area (Å²) in [5.41, 5.74) is 0. The lowest BCUT2D eigenvalue weighted by atomic mass is 10.3. The molecule has 0 spiro atoms. The summed E-state index contributed by atoms with van der Waals surface area (Å²) >= 11 is 0. The first-order valence-corrected chi connectivity index (χ1v) is 8.39. The molecule has 0 saturated carbocycles. The standard InChI is InChI=1S/C13H27O6P/c1-10(2)17-9-13(18-12(5)8-14)6-7-20(15,16)19-11(3)4/h6-7,10-14H,8-9H2,1-5H3,(H,15,16)/b7-6+/t12-,13+/m0/s1. The van der Waals surface area contributed by atoms with E-state index in [0.29, 0.717) is 0 Å². The lowest BCUT2D eigenvalue weighted by molar-refractivity contribution is -0.0568. The molecule has 0 saturated heterocycles. The molecule has 0 amide bonds. The van der Waals surface area contributed by atoms with Crippen molar-refractivity contribution in [3.8, 4) is 0 Å². The highest BCUT2D eigenvalue weighted by Crippen LogP contribution is 2.44. The van der Waals surface area contributed by atoms with E-state index in [-0.39, 0.29) is 31.5 Å². The highest BCUT2D eigenvalue weighted by molar-refractivity contribution is 7.56. The average molecular weight is 310 g/mol. The Balaban J connectivity index is 4.64. The zero-order valence-electron chi connectivity index (χ0n) is 12.9. The van der Waals surface area contributed by atoms with Gasteiger partial charge >= 0.3 is 7.60 Å². The normalized spacial score (nSPS) is 18.6. The van der Waals surface area contributed by atoms with Crippen molar-refractivity contribution in [2.75, 3.05) is 13.2 Å². The van der Waals surface area contributed by atoms with Gasteiger partial charge < -0.3 is 24.0 Å². The molecule has 0 bridgehead atoms. The van der Waals surface area contributed by atoms with Gasteiger partial charge in [-0.25, -0.2) is 0 Å². The highest BCUT2D eigenvalue weighted by Gasteiger charge is 2.19. The number of ether oxygens (including phenoxy) is 2. The highest BCUT2D eigenvalue weighted by atomic mass is 31.2. The summed E-state index contributed by atoms with van der Waals surface area (Å²) in [6.45, 7) is 8.94.